The fraction of sp³-hybridized carbons (Fsp3) is 0.0870. The minimum Gasteiger partial charge on any atom is -0.480 e. The highest BCUT2D eigenvalue weighted by atomic mass is 35.5. The molecule has 0 saturated carbocycles. The van der Waals surface area contributed by atoms with Gasteiger partial charge in [-0.05, 0) is 59.2 Å². The second kappa shape index (κ2) is 10.8. The van der Waals surface area contributed by atoms with Gasteiger partial charge >= 0.3 is 5.97 Å². The van der Waals surface area contributed by atoms with E-state index in [1.54, 1.807) is 23.9 Å². The van der Waals surface area contributed by atoms with Gasteiger partial charge in [0.05, 0.1) is 5.02 Å². The van der Waals surface area contributed by atoms with E-state index in [-0.39, 0.29) is 0 Å². The van der Waals surface area contributed by atoms with Crippen LogP contribution >= 0.6 is 46.6 Å². The van der Waals surface area contributed by atoms with E-state index in [0.29, 0.717) is 26.6 Å². The zero-order chi connectivity index (χ0) is 21.5. The number of carboxylic acid groups (broad SMARTS) is 1. The van der Waals surface area contributed by atoms with Gasteiger partial charge in [0.25, 0.3) is 0 Å². The average Bonchev–Trinajstić information content (AvgIpc) is 2.70. The summed E-state index contributed by atoms with van der Waals surface area (Å²) in [6.07, 6.45) is 2.12. The van der Waals surface area contributed by atoms with Crippen LogP contribution in [0.2, 0.25) is 15.1 Å². The Morgan fingerprint density at radius 2 is 1.57 bits per heavy atom. The maximum absolute atomic E-state index is 10.6. The number of carbonyl (C=O) groups is 1. The first kappa shape index (κ1) is 22.6. The fourth-order valence-corrected chi connectivity index (χ4v) is 4.25. The minimum atomic E-state index is -1.05. The number of halogens is 3. The van der Waals surface area contributed by atoms with Crippen molar-refractivity contribution in [2.75, 3.05) is 12.4 Å². The molecule has 3 aromatic carbocycles. The van der Waals surface area contributed by atoms with Gasteiger partial charge in [0, 0.05) is 20.7 Å². The summed E-state index contributed by atoms with van der Waals surface area (Å²) in [5.74, 6) is -0.0262. The number of hydrogen-bond donors (Lipinski definition) is 1. The summed E-state index contributed by atoms with van der Waals surface area (Å²) in [6, 6.07) is 20.6. The van der Waals surface area contributed by atoms with Crippen LogP contribution in [0.15, 0.2) is 77.7 Å². The third kappa shape index (κ3) is 6.44. The molecule has 0 aliphatic rings. The zero-order valence-corrected chi connectivity index (χ0v) is 18.7. The van der Waals surface area contributed by atoms with Crippen molar-refractivity contribution in [3.05, 3.63) is 99.0 Å². The van der Waals surface area contributed by atoms with Crippen molar-refractivity contribution in [2.45, 2.75) is 4.90 Å². The highest BCUT2D eigenvalue weighted by Crippen LogP contribution is 2.32. The molecule has 0 amide bonds. The van der Waals surface area contributed by atoms with E-state index in [0.717, 1.165) is 21.6 Å². The van der Waals surface area contributed by atoms with E-state index in [9.17, 15) is 4.79 Å². The Kier molecular flexibility index (Phi) is 8.11. The van der Waals surface area contributed by atoms with Crippen molar-refractivity contribution in [3.63, 3.8) is 0 Å². The molecule has 0 atom stereocenters. The molecule has 0 unspecified atom stereocenters. The van der Waals surface area contributed by atoms with Crippen LogP contribution in [0.1, 0.15) is 11.1 Å². The first-order valence-electron chi connectivity index (χ1n) is 8.91. The molecular weight excluding hydrogens is 463 g/mol. The number of carboxylic acids is 1. The third-order valence-electron chi connectivity index (χ3n) is 4.06. The molecule has 3 rings (SSSR count). The lowest BCUT2D eigenvalue weighted by Crippen LogP contribution is -2.09. The second-order valence-corrected chi connectivity index (χ2v) is 8.60. The monoisotopic (exact) mass is 478 g/mol. The van der Waals surface area contributed by atoms with Crippen LogP contribution in [0.4, 0.5) is 0 Å². The van der Waals surface area contributed by atoms with Crippen molar-refractivity contribution in [1.82, 2.24) is 0 Å². The van der Waals surface area contributed by atoms with Gasteiger partial charge in [-0.1, -0.05) is 65.1 Å². The van der Waals surface area contributed by atoms with E-state index >= 15 is 0 Å². The highest BCUT2D eigenvalue weighted by Gasteiger charge is 2.08. The molecular formula is C23H17Cl3O3S. The van der Waals surface area contributed by atoms with Crippen LogP contribution in [-0.2, 0) is 4.79 Å². The second-order valence-electron chi connectivity index (χ2n) is 6.22. The van der Waals surface area contributed by atoms with Gasteiger partial charge in [0.1, 0.15) is 5.75 Å². The smallest absolute Gasteiger partial charge is 0.341 e. The van der Waals surface area contributed by atoms with Gasteiger partial charge in [0.2, 0.25) is 0 Å². The largest absolute Gasteiger partial charge is 0.480 e. The molecule has 0 heterocycles. The van der Waals surface area contributed by atoms with Gasteiger partial charge in [0.15, 0.2) is 6.61 Å². The van der Waals surface area contributed by atoms with Crippen LogP contribution in [0.5, 0.6) is 5.75 Å². The fourth-order valence-electron chi connectivity index (χ4n) is 2.76. The van der Waals surface area contributed by atoms with E-state index < -0.39 is 12.6 Å². The Hall–Kier alpha value is -2.11. The number of thioether (sulfide) groups is 1. The standard InChI is InChI=1S/C23H17Cl3O3S/c24-17-5-1-3-15(11-17)20(16-4-2-6-18(25)12-16)9-10-30-19-7-8-22(21(26)13-19)29-14-23(27)28/h1-9,11-13H,10,14H2,(H,27,28). The van der Waals surface area contributed by atoms with Crippen LogP contribution in [0, 0.1) is 0 Å². The molecule has 0 aliphatic carbocycles. The lowest BCUT2D eigenvalue weighted by Gasteiger charge is -2.11. The lowest BCUT2D eigenvalue weighted by molar-refractivity contribution is -0.139. The van der Waals surface area contributed by atoms with Gasteiger partial charge in [-0.3, -0.25) is 0 Å². The zero-order valence-electron chi connectivity index (χ0n) is 15.6. The predicted molar refractivity (Wildman–Crippen MR) is 125 cm³/mol. The summed E-state index contributed by atoms with van der Waals surface area (Å²) in [4.78, 5) is 11.6. The van der Waals surface area contributed by atoms with Crippen LogP contribution in [0.3, 0.4) is 0 Å². The van der Waals surface area contributed by atoms with Gasteiger partial charge < -0.3 is 9.84 Å². The Balaban J connectivity index is 1.79. The maximum atomic E-state index is 10.6. The van der Waals surface area contributed by atoms with Gasteiger partial charge in [-0.2, -0.15) is 0 Å². The summed E-state index contributed by atoms with van der Waals surface area (Å²) in [7, 11) is 0. The normalized spacial score (nSPS) is 10.5. The summed E-state index contributed by atoms with van der Waals surface area (Å²) < 4.78 is 5.16. The van der Waals surface area contributed by atoms with E-state index in [4.69, 9.17) is 44.6 Å². The summed E-state index contributed by atoms with van der Waals surface area (Å²) in [6.45, 7) is -0.433. The van der Waals surface area contributed by atoms with E-state index in [2.05, 4.69) is 6.08 Å². The predicted octanol–water partition coefficient (Wildman–Crippen LogP) is 7.33. The topological polar surface area (TPSA) is 46.5 Å². The third-order valence-corrected chi connectivity index (χ3v) is 5.75. The van der Waals surface area contributed by atoms with Crippen molar-refractivity contribution in [1.29, 1.82) is 0 Å². The van der Waals surface area contributed by atoms with Crippen molar-refractivity contribution < 1.29 is 14.6 Å². The SMILES string of the molecule is O=C(O)COc1ccc(SCC=C(c2cccc(Cl)c2)c2cccc(Cl)c2)cc1Cl. The lowest BCUT2D eigenvalue weighted by atomic mass is 9.98. The number of rotatable bonds is 8. The molecule has 3 nitrogen and oxygen atoms in total. The van der Waals surface area contributed by atoms with Gasteiger partial charge in [-0.15, -0.1) is 11.8 Å². The minimum absolute atomic E-state index is 0.345. The first-order valence-corrected chi connectivity index (χ1v) is 11.0. The molecule has 0 bridgehead atoms. The highest BCUT2D eigenvalue weighted by molar-refractivity contribution is 7.99. The number of ether oxygens (including phenoxy) is 1. The van der Waals surface area contributed by atoms with Crippen LogP contribution in [-0.4, -0.2) is 23.4 Å². The van der Waals surface area contributed by atoms with E-state index in [1.165, 1.54) is 0 Å². The molecule has 0 aromatic heterocycles. The Morgan fingerprint density at radius 3 is 2.10 bits per heavy atom. The average molecular weight is 480 g/mol. The summed E-state index contributed by atoms with van der Waals surface area (Å²) >= 11 is 20.2. The molecule has 7 heteroatoms. The maximum Gasteiger partial charge on any atom is 0.341 e. The summed E-state index contributed by atoms with van der Waals surface area (Å²) in [5, 5.41) is 10.4. The van der Waals surface area contributed by atoms with Crippen LogP contribution in [0.25, 0.3) is 5.57 Å². The Bertz CT molecular complexity index is 1040. The molecule has 3 aromatic rings. The molecule has 0 saturated heterocycles. The van der Waals surface area contributed by atoms with Gasteiger partial charge in [-0.25, -0.2) is 4.79 Å². The molecule has 154 valence electrons. The molecule has 0 aliphatic heterocycles. The Labute approximate surface area is 194 Å². The van der Waals surface area contributed by atoms with Crippen molar-refractivity contribution in [3.8, 4) is 5.75 Å². The molecule has 1 N–H and O–H groups in total. The molecule has 30 heavy (non-hydrogen) atoms. The van der Waals surface area contributed by atoms with Crippen molar-refractivity contribution in [2.24, 2.45) is 0 Å². The van der Waals surface area contributed by atoms with Crippen LogP contribution < -0.4 is 4.74 Å². The quantitative estimate of drug-likeness (QED) is 0.343. The molecule has 0 fully saturated rings. The first-order chi connectivity index (χ1) is 14.4. The van der Waals surface area contributed by atoms with E-state index in [1.807, 2.05) is 54.6 Å². The molecule has 0 radical (unpaired) electrons. The number of aliphatic carboxylic acids is 1. The number of benzene rings is 3. The number of hydrogen-bond acceptors (Lipinski definition) is 3. The van der Waals surface area contributed by atoms with Crippen molar-refractivity contribution >= 4 is 58.1 Å². The molecule has 0 spiro atoms. The summed E-state index contributed by atoms with van der Waals surface area (Å²) in [5.41, 5.74) is 3.03. The Morgan fingerprint density at radius 1 is 0.933 bits per heavy atom.